The van der Waals surface area contributed by atoms with Crippen molar-refractivity contribution < 1.29 is 0 Å². The molecule has 0 N–H and O–H groups in total. The van der Waals surface area contributed by atoms with Crippen LogP contribution in [0.4, 0.5) is 0 Å². The zero-order valence-corrected chi connectivity index (χ0v) is 24.4. The molecule has 0 nitrogen and oxygen atoms in total. The highest BCUT2D eigenvalue weighted by molar-refractivity contribution is 7.80. The van der Waals surface area contributed by atoms with E-state index >= 15 is 0 Å². The molecule has 2 heteroatoms. The van der Waals surface area contributed by atoms with E-state index in [2.05, 4.69) is 153 Å². The van der Waals surface area contributed by atoms with Gasteiger partial charge in [0.2, 0.25) is 0 Å². The maximum Gasteiger partial charge on any atom is -0.0116 e. The molecule has 3 atom stereocenters. The summed E-state index contributed by atoms with van der Waals surface area (Å²) in [6.45, 7) is 2.55. The van der Waals surface area contributed by atoms with Crippen molar-refractivity contribution in [3.63, 3.8) is 0 Å². The third kappa shape index (κ3) is 5.65. The molecule has 2 unspecified atom stereocenters. The maximum absolute atomic E-state index is 2.55. The first kappa shape index (κ1) is 26.2. The molecule has 1 saturated carbocycles. The van der Waals surface area contributed by atoms with Crippen LogP contribution in [0.25, 0.3) is 0 Å². The summed E-state index contributed by atoms with van der Waals surface area (Å²) in [7, 11) is -1.07. The SMILES string of the molecule is C[C@H](C1CCCC1c1ccccc1P(c1ccccc1)c1ccccc1)P(c1ccccc1)c1ccccc1. The van der Waals surface area contributed by atoms with Crippen LogP contribution in [-0.4, -0.2) is 5.66 Å². The third-order valence-electron chi connectivity index (χ3n) is 8.27. The van der Waals surface area contributed by atoms with Crippen LogP contribution >= 0.6 is 15.8 Å². The van der Waals surface area contributed by atoms with E-state index in [0.29, 0.717) is 17.5 Å². The second-order valence-electron chi connectivity index (χ2n) is 10.5. The van der Waals surface area contributed by atoms with E-state index in [4.69, 9.17) is 0 Å². The molecule has 0 saturated heterocycles. The standard InChI is InChI=1S/C37H36P2/c1-29(38(30-17-6-2-7-18-30)31-19-8-3-9-20-31)34-26-16-27-35(34)36-25-14-15-28-37(36)39(32-21-10-4-11-22-32)33-23-12-5-13-24-33/h2-15,17-25,28-29,34-35H,16,26-27H2,1H3/t29-,34?,35?/m1/s1. The fourth-order valence-electron chi connectivity index (χ4n) is 6.53. The summed E-state index contributed by atoms with van der Waals surface area (Å²) in [5, 5.41) is 7.41. The summed E-state index contributed by atoms with van der Waals surface area (Å²) in [4.78, 5) is 0. The smallest absolute Gasteiger partial charge is 0.0116 e. The van der Waals surface area contributed by atoms with Crippen LogP contribution in [0.2, 0.25) is 0 Å². The highest BCUT2D eigenvalue weighted by Crippen LogP contribution is 2.53. The van der Waals surface area contributed by atoms with Gasteiger partial charge in [0.25, 0.3) is 0 Å². The number of hydrogen-bond donors (Lipinski definition) is 0. The molecule has 5 aromatic rings. The van der Waals surface area contributed by atoms with Crippen LogP contribution in [0.15, 0.2) is 146 Å². The van der Waals surface area contributed by atoms with E-state index in [-0.39, 0.29) is 0 Å². The molecule has 1 aliphatic carbocycles. The molecule has 0 aliphatic heterocycles. The Labute approximate surface area is 236 Å². The quantitative estimate of drug-likeness (QED) is 0.175. The van der Waals surface area contributed by atoms with Crippen LogP contribution < -0.4 is 26.5 Å². The first-order valence-corrected chi connectivity index (χ1v) is 16.9. The molecular formula is C37H36P2. The lowest BCUT2D eigenvalue weighted by molar-refractivity contribution is 0.480. The molecular weight excluding hydrogens is 506 g/mol. The average Bonchev–Trinajstić information content (AvgIpc) is 3.50. The van der Waals surface area contributed by atoms with Gasteiger partial charge in [0.05, 0.1) is 0 Å². The van der Waals surface area contributed by atoms with Crippen molar-refractivity contribution in [1.82, 2.24) is 0 Å². The molecule has 5 aromatic carbocycles. The summed E-state index contributed by atoms with van der Waals surface area (Å²) in [6, 6.07) is 54.4. The second kappa shape index (κ2) is 12.4. The van der Waals surface area contributed by atoms with E-state index in [9.17, 15) is 0 Å². The molecule has 0 amide bonds. The maximum atomic E-state index is 2.55. The first-order valence-electron chi connectivity index (χ1n) is 14.2. The normalized spacial score (nSPS) is 17.9. The van der Waals surface area contributed by atoms with Gasteiger partial charge in [-0.05, 0) is 78.3 Å². The summed E-state index contributed by atoms with van der Waals surface area (Å²) in [5.74, 6) is 1.26. The van der Waals surface area contributed by atoms with E-state index in [1.165, 1.54) is 45.8 Å². The van der Waals surface area contributed by atoms with Crippen molar-refractivity contribution in [2.75, 3.05) is 0 Å². The molecule has 0 spiro atoms. The third-order valence-corrected chi connectivity index (χ3v) is 13.7. The summed E-state index contributed by atoms with van der Waals surface area (Å²) in [6.07, 6.45) is 3.91. The molecule has 1 fully saturated rings. The fourth-order valence-corrected chi connectivity index (χ4v) is 12.0. The minimum absolute atomic E-state index is 0.447. The van der Waals surface area contributed by atoms with Gasteiger partial charge in [-0.15, -0.1) is 0 Å². The van der Waals surface area contributed by atoms with Gasteiger partial charge in [-0.3, -0.25) is 0 Å². The monoisotopic (exact) mass is 542 g/mol. The Morgan fingerprint density at radius 1 is 0.513 bits per heavy atom. The van der Waals surface area contributed by atoms with Gasteiger partial charge >= 0.3 is 0 Å². The van der Waals surface area contributed by atoms with Crippen molar-refractivity contribution in [1.29, 1.82) is 0 Å². The Morgan fingerprint density at radius 2 is 0.949 bits per heavy atom. The molecule has 1 aliphatic rings. The average molecular weight is 543 g/mol. The van der Waals surface area contributed by atoms with Crippen molar-refractivity contribution in [2.45, 2.75) is 37.8 Å². The molecule has 0 radical (unpaired) electrons. The lowest BCUT2D eigenvalue weighted by Crippen LogP contribution is -2.30. The predicted molar refractivity (Wildman–Crippen MR) is 174 cm³/mol. The van der Waals surface area contributed by atoms with Crippen LogP contribution in [0.3, 0.4) is 0 Å². The van der Waals surface area contributed by atoms with E-state index in [1.807, 2.05) is 0 Å². The highest BCUT2D eigenvalue weighted by Gasteiger charge is 2.38. The predicted octanol–water partition coefficient (Wildman–Crippen LogP) is 7.85. The molecule has 0 aromatic heterocycles. The van der Waals surface area contributed by atoms with Crippen molar-refractivity contribution in [3.8, 4) is 0 Å². The van der Waals surface area contributed by atoms with Gasteiger partial charge in [-0.1, -0.05) is 159 Å². The lowest BCUT2D eigenvalue weighted by atomic mass is 9.87. The number of benzene rings is 5. The van der Waals surface area contributed by atoms with Crippen molar-refractivity contribution in [2.24, 2.45) is 5.92 Å². The molecule has 0 bridgehead atoms. The Balaban J connectivity index is 1.42. The Kier molecular flexibility index (Phi) is 8.35. The van der Waals surface area contributed by atoms with Crippen molar-refractivity contribution in [3.05, 3.63) is 151 Å². The minimum Gasteiger partial charge on any atom is -0.0622 e. The Morgan fingerprint density at radius 3 is 1.46 bits per heavy atom. The van der Waals surface area contributed by atoms with Gasteiger partial charge in [0, 0.05) is 0 Å². The lowest BCUT2D eigenvalue weighted by Gasteiger charge is -2.35. The Hall–Kier alpha value is -3.04. The largest absolute Gasteiger partial charge is 0.0622 e. The second-order valence-corrected chi connectivity index (χ2v) is 15.3. The summed E-state index contributed by atoms with van der Waals surface area (Å²) < 4.78 is 0. The van der Waals surface area contributed by atoms with Gasteiger partial charge < -0.3 is 0 Å². The zero-order valence-electron chi connectivity index (χ0n) is 22.6. The van der Waals surface area contributed by atoms with Crippen LogP contribution in [0.5, 0.6) is 0 Å². The topological polar surface area (TPSA) is 0 Å². The number of rotatable bonds is 8. The van der Waals surface area contributed by atoms with E-state index in [0.717, 1.165) is 0 Å². The van der Waals surface area contributed by atoms with Gasteiger partial charge in [0.1, 0.15) is 0 Å². The van der Waals surface area contributed by atoms with Crippen molar-refractivity contribution >= 4 is 42.4 Å². The zero-order chi connectivity index (χ0) is 26.4. The van der Waals surface area contributed by atoms with E-state index < -0.39 is 15.8 Å². The fraction of sp³-hybridized carbons (Fsp3) is 0.189. The van der Waals surface area contributed by atoms with E-state index in [1.54, 1.807) is 5.56 Å². The van der Waals surface area contributed by atoms with Gasteiger partial charge in [-0.25, -0.2) is 0 Å². The molecule has 0 heterocycles. The molecule has 6 rings (SSSR count). The van der Waals surface area contributed by atoms with Gasteiger partial charge in [0.15, 0.2) is 0 Å². The summed E-state index contributed by atoms with van der Waals surface area (Å²) in [5.41, 5.74) is 2.19. The van der Waals surface area contributed by atoms with Gasteiger partial charge in [-0.2, -0.15) is 0 Å². The molecule has 194 valence electrons. The van der Waals surface area contributed by atoms with Crippen LogP contribution in [0.1, 0.15) is 37.7 Å². The number of hydrogen-bond acceptors (Lipinski definition) is 0. The minimum atomic E-state index is -0.619. The Bertz CT molecular complexity index is 1370. The highest BCUT2D eigenvalue weighted by atomic mass is 31.1. The summed E-state index contributed by atoms with van der Waals surface area (Å²) >= 11 is 0. The van der Waals surface area contributed by atoms with Crippen LogP contribution in [0, 0.1) is 5.92 Å². The molecule has 39 heavy (non-hydrogen) atoms. The first-order chi connectivity index (χ1) is 19.3. The van der Waals surface area contributed by atoms with Crippen LogP contribution in [-0.2, 0) is 0 Å².